The third-order valence-corrected chi connectivity index (χ3v) is 6.79. The third kappa shape index (κ3) is 6.79. The van der Waals surface area contributed by atoms with E-state index in [4.69, 9.17) is 0 Å². The number of amides is 3. The van der Waals surface area contributed by atoms with Gasteiger partial charge in [0.05, 0.1) is 0 Å². The number of hydrogen-bond donors (Lipinski definition) is 0. The van der Waals surface area contributed by atoms with Crippen molar-refractivity contribution in [1.29, 1.82) is 0 Å². The van der Waals surface area contributed by atoms with Gasteiger partial charge in [0.15, 0.2) is 0 Å². The Kier molecular flexibility index (Phi) is 9.56. The molecule has 3 amide bonds. The largest absolute Gasteiger partial charge is 0.327 e. The summed E-state index contributed by atoms with van der Waals surface area (Å²) in [6.07, 6.45) is 7.11. The lowest BCUT2D eigenvalue weighted by Crippen LogP contribution is -2.57. The van der Waals surface area contributed by atoms with E-state index < -0.39 is 5.54 Å². The van der Waals surface area contributed by atoms with Gasteiger partial charge in [0.25, 0.3) is 5.91 Å². The fraction of sp³-hybridized carbons (Fsp3) is 0.840. The molecular weight excluding hydrogens is 388 g/mol. The number of carbonyl (C=O) groups is 2. The zero-order valence-corrected chi connectivity index (χ0v) is 21.1. The molecule has 178 valence electrons. The van der Waals surface area contributed by atoms with Crippen LogP contribution < -0.4 is 0 Å². The summed E-state index contributed by atoms with van der Waals surface area (Å²) in [5.74, 6) is 1.19. The van der Waals surface area contributed by atoms with Gasteiger partial charge in [0, 0.05) is 39.3 Å². The molecule has 1 atom stereocenters. The molecule has 0 aromatic carbocycles. The second-order valence-corrected chi connectivity index (χ2v) is 10.7. The lowest BCUT2D eigenvalue weighted by molar-refractivity contribution is -0.135. The van der Waals surface area contributed by atoms with E-state index in [9.17, 15) is 9.59 Å². The first kappa shape index (κ1) is 25.9. The number of likely N-dealkylation sites (N-methyl/N-ethyl adjacent to an activating group) is 1. The molecule has 6 nitrogen and oxygen atoms in total. The molecule has 2 aliphatic rings. The van der Waals surface area contributed by atoms with Crippen LogP contribution in [0.3, 0.4) is 0 Å². The summed E-state index contributed by atoms with van der Waals surface area (Å²) >= 11 is 0. The number of allylic oxidation sites excluding steroid dienone is 2. The van der Waals surface area contributed by atoms with Gasteiger partial charge in [-0.2, -0.15) is 0 Å². The average Bonchev–Trinajstić information content (AvgIpc) is 2.86. The highest BCUT2D eigenvalue weighted by Gasteiger charge is 2.57. The molecule has 0 unspecified atom stereocenters. The molecule has 0 aromatic heterocycles. The second kappa shape index (κ2) is 11.5. The maximum atomic E-state index is 13.5. The summed E-state index contributed by atoms with van der Waals surface area (Å²) in [5, 5.41) is 0. The van der Waals surface area contributed by atoms with E-state index in [0.29, 0.717) is 31.5 Å². The number of rotatable bonds is 11. The summed E-state index contributed by atoms with van der Waals surface area (Å²) in [4.78, 5) is 34.7. The molecule has 0 aromatic rings. The fourth-order valence-corrected chi connectivity index (χ4v) is 4.75. The topological polar surface area (TPSA) is 47.1 Å². The molecule has 2 saturated heterocycles. The molecule has 0 aliphatic carbocycles. The van der Waals surface area contributed by atoms with Crippen LogP contribution in [0.25, 0.3) is 0 Å². The van der Waals surface area contributed by atoms with Crippen LogP contribution in [0.1, 0.15) is 66.7 Å². The zero-order chi connectivity index (χ0) is 23.2. The van der Waals surface area contributed by atoms with Crippen molar-refractivity contribution < 1.29 is 9.59 Å². The van der Waals surface area contributed by atoms with Crippen molar-refractivity contribution in [3.05, 3.63) is 11.6 Å². The quantitative estimate of drug-likeness (QED) is 0.363. The third-order valence-electron chi connectivity index (χ3n) is 6.79. The van der Waals surface area contributed by atoms with Crippen molar-refractivity contribution in [3.63, 3.8) is 0 Å². The van der Waals surface area contributed by atoms with E-state index in [0.717, 1.165) is 45.3 Å². The van der Waals surface area contributed by atoms with Crippen LogP contribution in [0.2, 0.25) is 0 Å². The molecule has 31 heavy (non-hydrogen) atoms. The SMILES string of the molecule is CC(C)=CCC[C@H](C)CN1CCC2(CC1)C(=O)N(CCN(C)C)C(=O)N2CCC(C)C. The molecule has 2 fully saturated rings. The van der Waals surface area contributed by atoms with Gasteiger partial charge in [-0.25, -0.2) is 4.79 Å². The molecule has 6 heteroatoms. The highest BCUT2D eigenvalue weighted by atomic mass is 16.2. The summed E-state index contributed by atoms with van der Waals surface area (Å²) in [6.45, 7) is 15.7. The van der Waals surface area contributed by atoms with E-state index in [1.165, 1.54) is 16.9 Å². The van der Waals surface area contributed by atoms with Crippen LogP contribution in [0.4, 0.5) is 4.79 Å². The van der Waals surface area contributed by atoms with Gasteiger partial charge in [-0.15, -0.1) is 0 Å². The molecular formula is C25H46N4O2. The van der Waals surface area contributed by atoms with Crippen LogP contribution in [-0.2, 0) is 4.79 Å². The van der Waals surface area contributed by atoms with Crippen molar-refractivity contribution in [2.24, 2.45) is 11.8 Å². The summed E-state index contributed by atoms with van der Waals surface area (Å²) in [5.41, 5.74) is 0.761. The number of nitrogens with zero attached hydrogens (tertiary/aromatic N) is 4. The Balaban J connectivity index is 2.04. The molecule has 2 rings (SSSR count). The second-order valence-electron chi connectivity index (χ2n) is 10.7. The van der Waals surface area contributed by atoms with Crippen molar-refractivity contribution in [2.45, 2.75) is 72.3 Å². The highest BCUT2D eigenvalue weighted by molar-refractivity contribution is 6.07. The van der Waals surface area contributed by atoms with Crippen LogP contribution in [0, 0.1) is 11.8 Å². The van der Waals surface area contributed by atoms with Gasteiger partial charge in [-0.05, 0) is 71.9 Å². The minimum absolute atomic E-state index is 0.0411. The first-order chi connectivity index (χ1) is 14.6. The molecule has 0 N–H and O–H groups in total. The zero-order valence-electron chi connectivity index (χ0n) is 21.1. The van der Waals surface area contributed by atoms with Crippen LogP contribution in [0.5, 0.6) is 0 Å². The van der Waals surface area contributed by atoms with Gasteiger partial charge in [0.1, 0.15) is 5.54 Å². The minimum Gasteiger partial charge on any atom is -0.309 e. The van der Waals surface area contributed by atoms with Crippen molar-refractivity contribution >= 4 is 11.9 Å². The van der Waals surface area contributed by atoms with E-state index in [1.807, 2.05) is 23.9 Å². The number of piperidine rings is 1. The van der Waals surface area contributed by atoms with Gasteiger partial charge in [0.2, 0.25) is 0 Å². The number of carbonyl (C=O) groups excluding carboxylic acids is 2. The highest BCUT2D eigenvalue weighted by Crippen LogP contribution is 2.38. The van der Waals surface area contributed by atoms with E-state index >= 15 is 0 Å². The van der Waals surface area contributed by atoms with Crippen molar-refractivity contribution in [3.8, 4) is 0 Å². The van der Waals surface area contributed by atoms with E-state index in [-0.39, 0.29) is 11.9 Å². The molecule has 2 heterocycles. The van der Waals surface area contributed by atoms with E-state index in [2.05, 4.69) is 45.6 Å². The van der Waals surface area contributed by atoms with E-state index in [1.54, 1.807) is 0 Å². The molecule has 1 spiro atoms. The minimum atomic E-state index is -0.625. The van der Waals surface area contributed by atoms with Crippen molar-refractivity contribution in [1.82, 2.24) is 19.6 Å². The van der Waals surface area contributed by atoms with Gasteiger partial charge in [-0.3, -0.25) is 9.69 Å². The van der Waals surface area contributed by atoms with Crippen molar-refractivity contribution in [2.75, 3.05) is 53.4 Å². The predicted octanol–water partition coefficient (Wildman–Crippen LogP) is 4.08. The molecule has 0 radical (unpaired) electrons. The summed E-state index contributed by atoms with van der Waals surface area (Å²) < 4.78 is 0. The lowest BCUT2D eigenvalue weighted by atomic mass is 9.85. The first-order valence-electron chi connectivity index (χ1n) is 12.2. The Morgan fingerprint density at radius 3 is 2.26 bits per heavy atom. The Bertz CT molecular complexity index is 631. The average molecular weight is 435 g/mol. The summed E-state index contributed by atoms with van der Waals surface area (Å²) in [6, 6.07) is -0.0731. The predicted molar refractivity (Wildman–Crippen MR) is 128 cm³/mol. The smallest absolute Gasteiger partial charge is 0.309 e. The Hall–Kier alpha value is -1.40. The summed E-state index contributed by atoms with van der Waals surface area (Å²) in [7, 11) is 3.96. The Morgan fingerprint density at radius 1 is 1.06 bits per heavy atom. The van der Waals surface area contributed by atoms with Crippen LogP contribution in [0.15, 0.2) is 11.6 Å². The number of hydrogen-bond acceptors (Lipinski definition) is 4. The van der Waals surface area contributed by atoms with Crippen LogP contribution >= 0.6 is 0 Å². The number of urea groups is 1. The number of imide groups is 1. The normalized spacial score (nSPS) is 20.4. The molecule has 0 saturated carbocycles. The van der Waals surface area contributed by atoms with Gasteiger partial charge >= 0.3 is 6.03 Å². The molecule has 2 aliphatic heterocycles. The monoisotopic (exact) mass is 434 g/mol. The van der Waals surface area contributed by atoms with Crippen LogP contribution in [-0.4, -0.2) is 90.4 Å². The Labute approximate surface area is 190 Å². The molecule has 0 bridgehead atoms. The standard InChI is InChI=1S/C25H46N4O2/c1-20(2)9-8-10-22(5)19-27-15-12-25(13-16-27)23(30)28(18-17-26(6)7)24(31)29(25)14-11-21(3)4/h9,21-22H,8,10-19H2,1-7H3/t22-/m0/s1. The number of likely N-dealkylation sites (tertiary alicyclic amines) is 1. The van der Waals surface area contributed by atoms with Gasteiger partial charge in [-0.1, -0.05) is 32.4 Å². The Morgan fingerprint density at radius 2 is 1.71 bits per heavy atom. The maximum Gasteiger partial charge on any atom is 0.327 e. The maximum absolute atomic E-state index is 13.5. The lowest BCUT2D eigenvalue weighted by Gasteiger charge is -2.43. The fourth-order valence-electron chi connectivity index (χ4n) is 4.75. The first-order valence-corrected chi connectivity index (χ1v) is 12.2. The van der Waals surface area contributed by atoms with Gasteiger partial charge < -0.3 is 14.7 Å².